The van der Waals surface area contributed by atoms with E-state index >= 15 is 0 Å². The molecule has 0 atom stereocenters. The minimum atomic E-state index is -0.918. The molecule has 172 valence electrons. The fraction of sp³-hybridized carbons (Fsp3) is 0.0800. The number of hydrogen-bond donors (Lipinski definition) is 3. The van der Waals surface area contributed by atoms with Crippen LogP contribution in [0, 0.1) is 13.8 Å². The second-order valence-electron chi connectivity index (χ2n) is 7.75. The smallest absolute Gasteiger partial charge is 0.321 e. The normalized spacial score (nSPS) is 10.7. The van der Waals surface area contributed by atoms with Gasteiger partial charge in [0.1, 0.15) is 5.69 Å². The van der Waals surface area contributed by atoms with Crippen LogP contribution in [0.2, 0.25) is 5.02 Å². The summed E-state index contributed by atoms with van der Waals surface area (Å²) in [6.45, 7) is 3.73. The molecule has 7 nitrogen and oxygen atoms in total. The van der Waals surface area contributed by atoms with Crippen LogP contribution in [0.4, 0.5) is 11.4 Å². The molecule has 0 aliphatic heterocycles. The van der Waals surface area contributed by atoms with Gasteiger partial charge in [-0.2, -0.15) is 0 Å². The largest absolute Gasteiger partial charge is 0.328 e. The number of benzene rings is 3. The average molecular weight is 540 g/mol. The third-order valence-corrected chi connectivity index (χ3v) is 5.87. The predicted molar refractivity (Wildman–Crippen MR) is 138 cm³/mol. The van der Waals surface area contributed by atoms with E-state index in [1.54, 1.807) is 48.5 Å². The Hall–Kier alpha value is -3.62. The first kappa shape index (κ1) is 23.5. The summed E-state index contributed by atoms with van der Waals surface area (Å²) in [5, 5.41) is 6.56. The molecular weight excluding hydrogens is 520 g/mol. The zero-order valence-corrected chi connectivity index (χ0v) is 20.6. The van der Waals surface area contributed by atoms with Crippen molar-refractivity contribution in [3.8, 4) is 0 Å². The third kappa shape index (κ3) is 5.13. The summed E-state index contributed by atoms with van der Waals surface area (Å²) in [4.78, 5) is 38.5. The molecule has 4 rings (SSSR count). The van der Waals surface area contributed by atoms with Crippen LogP contribution in [0.25, 0.3) is 10.9 Å². The van der Waals surface area contributed by atoms with Gasteiger partial charge in [0.2, 0.25) is 0 Å². The Morgan fingerprint density at radius 3 is 2.44 bits per heavy atom. The van der Waals surface area contributed by atoms with E-state index in [9.17, 15) is 14.4 Å². The lowest BCUT2D eigenvalue weighted by Gasteiger charge is -2.13. The van der Waals surface area contributed by atoms with Crippen LogP contribution >= 0.6 is 27.5 Å². The van der Waals surface area contributed by atoms with Gasteiger partial charge in [-0.15, -0.1) is 0 Å². The van der Waals surface area contributed by atoms with Crippen LogP contribution in [-0.4, -0.2) is 22.4 Å². The van der Waals surface area contributed by atoms with Crippen LogP contribution in [0.15, 0.2) is 71.2 Å². The van der Waals surface area contributed by atoms with Crippen molar-refractivity contribution in [2.75, 3.05) is 16.1 Å². The molecule has 0 unspecified atom stereocenters. The quantitative estimate of drug-likeness (QED) is 0.293. The van der Waals surface area contributed by atoms with Crippen molar-refractivity contribution < 1.29 is 14.4 Å². The Bertz CT molecular complexity index is 1450. The van der Waals surface area contributed by atoms with Gasteiger partial charge in [-0.1, -0.05) is 45.7 Å². The standard InChI is InChI=1S/C25H20BrClN4O3/c1-14-6-7-15(2)20(10-14)29-24(33)25(34)30-31-21-9-8-17(26)11-16(21)12-22(31)23(32)28-19-5-3-4-18(27)13-19/h3-13H,1-2H3,(H,28,32)(H,29,33)(H,30,34). The van der Waals surface area contributed by atoms with Gasteiger partial charge < -0.3 is 10.6 Å². The molecule has 0 radical (unpaired) electrons. The Balaban J connectivity index is 1.64. The highest BCUT2D eigenvalue weighted by atomic mass is 79.9. The molecule has 0 saturated heterocycles. The summed E-state index contributed by atoms with van der Waals surface area (Å²) >= 11 is 9.43. The number of hydrogen-bond acceptors (Lipinski definition) is 3. The predicted octanol–water partition coefficient (Wildman–Crippen LogP) is 5.64. The van der Waals surface area contributed by atoms with Crippen LogP contribution in [-0.2, 0) is 9.59 Å². The summed E-state index contributed by atoms with van der Waals surface area (Å²) in [5.74, 6) is -2.25. The lowest BCUT2D eigenvalue weighted by Crippen LogP contribution is -2.36. The number of rotatable bonds is 4. The number of aromatic nitrogens is 1. The van der Waals surface area contributed by atoms with Crippen LogP contribution in [0.3, 0.4) is 0 Å². The highest BCUT2D eigenvalue weighted by Crippen LogP contribution is 2.24. The number of carbonyl (C=O) groups is 3. The highest BCUT2D eigenvalue weighted by Gasteiger charge is 2.21. The molecule has 9 heteroatoms. The number of nitrogens with one attached hydrogen (secondary N) is 3. The molecule has 0 fully saturated rings. The maximum atomic E-state index is 13.1. The number of nitrogens with zero attached hydrogens (tertiary/aromatic N) is 1. The number of fused-ring (bicyclic) bond motifs is 1. The van der Waals surface area contributed by atoms with E-state index < -0.39 is 17.7 Å². The molecule has 0 saturated carbocycles. The number of aryl methyl sites for hydroxylation is 2. The van der Waals surface area contributed by atoms with E-state index in [0.717, 1.165) is 15.6 Å². The molecule has 4 aromatic rings. The second kappa shape index (κ2) is 9.70. The molecule has 34 heavy (non-hydrogen) atoms. The first-order valence-electron chi connectivity index (χ1n) is 10.3. The van der Waals surface area contributed by atoms with Gasteiger partial charge in [-0.25, -0.2) is 4.68 Å². The minimum Gasteiger partial charge on any atom is -0.321 e. The van der Waals surface area contributed by atoms with Gasteiger partial charge in [0, 0.05) is 26.3 Å². The van der Waals surface area contributed by atoms with E-state index in [0.29, 0.717) is 27.3 Å². The zero-order valence-electron chi connectivity index (χ0n) is 18.3. The summed E-state index contributed by atoms with van der Waals surface area (Å²) in [6.07, 6.45) is 0. The summed E-state index contributed by atoms with van der Waals surface area (Å²) in [6, 6.07) is 19.2. The van der Waals surface area contributed by atoms with Gasteiger partial charge in [0.15, 0.2) is 0 Å². The lowest BCUT2D eigenvalue weighted by atomic mass is 10.1. The third-order valence-electron chi connectivity index (χ3n) is 5.14. The van der Waals surface area contributed by atoms with Crippen molar-refractivity contribution in [1.29, 1.82) is 0 Å². The molecular formula is C25H20BrClN4O3. The summed E-state index contributed by atoms with van der Waals surface area (Å²) in [5.41, 5.74) is 6.04. The van der Waals surface area contributed by atoms with Crippen molar-refractivity contribution in [3.63, 3.8) is 0 Å². The van der Waals surface area contributed by atoms with Gasteiger partial charge in [-0.3, -0.25) is 19.8 Å². The average Bonchev–Trinajstić information content (AvgIpc) is 3.13. The topological polar surface area (TPSA) is 92.2 Å². The fourth-order valence-corrected chi connectivity index (χ4v) is 4.01. The Morgan fingerprint density at radius 1 is 0.882 bits per heavy atom. The molecule has 0 spiro atoms. The number of anilines is 2. The first-order valence-corrected chi connectivity index (χ1v) is 11.5. The summed E-state index contributed by atoms with van der Waals surface area (Å²) < 4.78 is 2.10. The molecule has 0 aliphatic rings. The number of amides is 3. The van der Waals surface area contributed by atoms with Crippen LogP contribution in [0.5, 0.6) is 0 Å². The lowest BCUT2D eigenvalue weighted by molar-refractivity contribution is -0.133. The van der Waals surface area contributed by atoms with Gasteiger partial charge in [0.05, 0.1) is 5.52 Å². The maximum Gasteiger partial charge on any atom is 0.328 e. The molecule has 0 bridgehead atoms. The fourth-order valence-electron chi connectivity index (χ4n) is 3.44. The molecule has 1 heterocycles. The molecule has 1 aromatic heterocycles. The first-order chi connectivity index (χ1) is 16.2. The van der Waals surface area contributed by atoms with Crippen molar-refractivity contribution >= 4 is 67.5 Å². The van der Waals surface area contributed by atoms with E-state index in [1.165, 1.54) is 4.68 Å². The summed E-state index contributed by atoms with van der Waals surface area (Å²) in [7, 11) is 0. The Labute approximate surface area is 209 Å². The van der Waals surface area contributed by atoms with Crippen molar-refractivity contribution in [1.82, 2.24) is 4.68 Å². The molecule has 3 amide bonds. The SMILES string of the molecule is Cc1ccc(C)c(NC(=O)C(=O)Nn2c(C(=O)Nc3cccc(Cl)c3)cc3cc(Br)ccc32)c1. The number of carbonyl (C=O) groups excluding carboxylic acids is 3. The van der Waals surface area contributed by atoms with E-state index in [-0.39, 0.29) is 5.69 Å². The van der Waals surface area contributed by atoms with Crippen LogP contribution < -0.4 is 16.1 Å². The molecule has 0 aliphatic carbocycles. The maximum absolute atomic E-state index is 13.1. The molecule has 3 N–H and O–H groups in total. The monoisotopic (exact) mass is 538 g/mol. The van der Waals surface area contributed by atoms with E-state index in [4.69, 9.17) is 11.6 Å². The zero-order chi connectivity index (χ0) is 24.4. The van der Waals surface area contributed by atoms with Gasteiger partial charge >= 0.3 is 11.8 Å². The van der Waals surface area contributed by atoms with E-state index in [1.807, 2.05) is 32.0 Å². The highest BCUT2D eigenvalue weighted by molar-refractivity contribution is 9.10. The van der Waals surface area contributed by atoms with Crippen molar-refractivity contribution in [3.05, 3.63) is 93.0 Å². The van der Waals surface area contributed by atoms with Gasteiger partial charge in [0.25, 0.3) is 5.91 Å². The van der Waals surface area contributed by atoms with Crippen LogP contribution in [0.1, 0.15) is 21.6 Å². The van der Waals surface area contributed by atoms with Gasteiger partial charge in [-0.05, 0) is 73.5 Å². The Kier molecular flexibility index (Phi) is 6.72. The number of halogens is 2. The molecule has 3 aromatic carbocycles. The van der Waals surface area contributed by atoms with Crippen molar-refractivity contribution in [2.24, 2.45) is 0 Å². The van der Waals surface area contributed by atoms with Crippen molar-refractivity contribution in [2.45, 2.75) is 13.8 Å². The van der Waals surface area contributed by atoms with E-state index in [2.05, 4.69) is 32.0 Å². The Morgan fingerprint density at radius 2 is 1.68 bits per heavy atom. The minimum absolute atomic E-state index is 0.140. The second-order valence-corrected chi connectivity index (χ2v) is 9.10.